The Bertz CT molecular complexity index is 403. The molecular weight excluding hydrogens is 216 g/mol. The molecule has 1 aliphatic rings. The summed E-state index contributed by atoms with van der Waals surface area (Å²) in [4.78, 5) is 0. The van der Waals surface area contributed by atoms with Crippen LogP contribution in [0.25, 0.3) is 0 Å². The van der Waals surface area contributed by atoms with Crippen molar-refractivity contribution in [2.45, 2.75) is 26.3 Å². The number of ether oxygens (including phenoxy) is 2. The minimum absolute atomic E-state index is 0.0421. The van der Waals surface area contributed by atoms with Gasteiger partial charge < -0.3 is 20.9 Å². The lowest BCUT2D eigenvalue weighted by molar-refractivity contribution is 0.174. The van der Waals surface area contributed by atoms with Gasteiger partial charge in [0.05, 0.1) is 0 Å². The SMILES string of the molecule is CCC(CN)C(N)c1cc2c(cc1C)OCO2. The summed E-state index contributed by atoms with van der Waals surface area (Å²) >= 11 is 0. The third kappa shape index (κ3) is 2.23. The van der Waals surface area contributed by atoms with Gasteiger partial charge in [0.2, 0.25) is 6.79 Å². The van der Waals surface area contributed by atoms with Gasteiger partial charge in [-0.2, -0.15) is 0 Å². The van der Waals surface area contributed by atoms with E-state index in [4.69, 9.17) is 20.9 Å². The second-order valence-electron chi connectivity index (χ2n) is 4.49. The third-order valence-electron chi connectivity index (χ3n) is 3.46. The van der Waals surface area contributed by atoms with Crippen LogP contribution in [0.5, 0.6) is 11.5 Å². The Morgan fingerprint density at radius 3 is 2.53 bits per heavy atom. The summed E-state index contributed by atoms with van der Waals surface area (Å²) < 4.78 is 10.7. The van der Waals surface area contributed by atoms with Crippen LogP contribution in [-0.4, -0.2) is 13.3 Å². The lowest BCUT2D eigenvalue weighted by atomic mass is 9.89. The summed E-state index contributed by atoms with van der Waals surface area (Å²) in [5, 5.41) is 0. The van der Waals surface area contributed by atoms with Crippen molar-refractivity contribution in [2.24, 2.45) is 17.4 Å². The maximum atomic E-state index is 6.28. The van der Waals surface area contributed by atoms with Gasteiger partial charge in [0.1, 0.15) is 0 Å². The van der Waals surface area contributed by atoms with Gasteiger partial charge in [0, 0.05) is 6.04 Å². The molecule has 0 bridgehead atoms. The molecule has 94 valence electrons. The van der Waals surface area contributed by atoms with Crippen molar-refractivity contribution in [3.8, 4) is 11.5 Å². The summed E-state index contributed by atoms with van der Waals surface area (Å²) in [6.07, 6.45) is 0.978. The number of hydrogen-bond donors (Lipinski definition) is 2. The molecule has 0 spiro atoms. The Labute approximate surface area is 102 Å². The summed E-state index contributed by atoms with van der Waals surface area (Å²) in [5.41, 5.74) is 14.3. The van der Waals surface area contributed by atoms with Crippen LogP contribution in [-0.2, 0) is 0 Å². The summed E-state index contributed by atoms with van der Waals surface area (Å²) in [7, 11) is 0. The van der Waals surface area contributed by atoms with Gasteiger partial charge in [-0.15, -0.1) is 0 Å². The predicted octanol–water partition coefficient (Wildman–Crippen LogP) is 1.71. The first-order valence-corrected chi connectivity index (χ1v) is 6.03. The van der Waals surface area contributed by atoms with E-state index in [1.54, 1.807) is 0 Å². The fraction of sp³-hybridized carbons (Fsp3) is 0.538. The Morgan fingerprint density at radius 1 is 1.29 bits per heavy atom. The summed E-state index contributed by atoms with van der Waals surface area (Å²) in [6, 6.07) is 3.93. The van der Waals surface area contributed by atoms with Crippen molar-refractivity contribution < 1.29 is 9.47 Å². The van der Waals surface area contributed by atoms with Crippen LogP contribution in [0.4, 0.5) is 0 Å². The van der Waals surface area contributed by atoms with E-state index in [-0.39, 0.29) is 6.04 Å². The molecule has 4 N–H and O–H groups in total. The van der Waals surface area contributed by atoms with Crippen LogP contribution in [0.2, 0.25) is 0 Å². The van der Waals surface area contributed by atoms with Crippen molar-refractivity contribution in [2.75, 3.05) is 13.3 Å². The van der Waals surface area contributed by atoms with Crippen molar-refractivity contribution >= 4 is 0 Å². The first kappa shape index (κ1) is 12.2. The van der Waals surface area contributed by atoms with Crippen LogP contribution in [0.3, 0.4) is 0 Å². The smallest absolute Gasteiger partial charge is 0.231 e. The number of nitrogens with two attached hydrogens (primary N) is 2. The number of hydrogen-bond acceptors (Lipinski definition) is 4. The molecule has 4 heteroatoms. The van der Waals surface area contributed by atoms with Gasteiger partial charge in [-0.05, 0) is 42.6 Å². The molecular formula is C13H20N2O2. The van der Waals surface area contributed by atoms with Gasteiger partial charge in [0.25, 0.3) is 0 Å². The monoisotopic (exact) mass is 236 g/mol. The van der Waals surface area contributed by atoms with E-state index in [9.17, 15) is 0 Å². The molecule has 4 nitrogen and oxygen atoms in total. The van der Waals surface area contributed by atoms with Gasteiger partial charge in [-0.25, -0.2) is 0 Å². The molecule has 0 saturated heterocycles. The molecule has 1 heterocycles. The highest BCUT2D eigenvalue weighted by molar-refractivity contribution is 5.49. The van der Waals surface area contributed by atoms with Gasteiger partial charge in [0.15, 0.2) is 11.5 Å². The Hall–Kier alpha value is -1.26. The van der Waals surface area contributed by atoms with Crippen molar-refractivity contribution in [3.63, 3.8) is 0 Å². The Balaban J connectivity index is 2.32. The first-order chi connectivity index (χ1) is 8.17. The molecule has 1 aromatic rings. The molecule has 2 unspecified atom stereocenters. The molecule has 2 rings (SSSR count). The normalized spacial score (nSPS) is 16.9. The van der Waals surface area contributed by atoms with Gasteiger partial charge in [-0.3, -0.25) is 0 Å². The minimum atomic E-state index is -0.0421. The number of fused-ring (bicyclic) bond motifs is 1. The lowest BCUT2D eigenvalue weighted by Crippen LogP contribution is -2.28. The average molecular weight is 236 g/mol. The maximum Gasteiger partial charge on any atom is 0.231 e. The molecule has 0 saturated carbocycles. The zero-order chi connectivity index (χ0) is 12.4. The standard InChI is InChI=1S/C13H20N2O2/c1-3-9(6-14)13(15)10-5-12-11(4-8(10)2)16-7-17-12/h4-5,9,13H,3,6-7,14-15H2,1-2H3. The van der Waals surface area contributed by atoms with Crippen LogP contribution in [0.15, 0.2) is 12.1 Å². The summed E-state index contributed by atoms with van der Waals surface area (Å²) in [6.45, 7) is 5.05. The second kappa shape index (κ2) is 4.94. The zero-order valence-electron chi connectivity index (χ0n) is 10.4. The number of aryl methyl sites for hydroxylation is 1. The van der Waals surface area contributed by atoms with E-state index in [1.165, 1.54) is 0 Å². The van der Waals surface area contributed by atoms with Crippen LogP contribution in [0.1, 0.15) is 30.5 Å². The number of rotatable bonds is 4. The van der Waals surface area contributed by atoms with E-state index in [0.29, 0.717) is 19.3 Å². The van der Waals surface area contributed by atoms with Crippen molar-refractivity contribution in [1.29, 1.82) is 0 Å². The zero-order valence-corrected chi connectivity index (χ0v) is 10.4. The fourth-order valence-electron chi connectivity index (χ4n) is 2.24. The van der Waals surface area contributed by atoms with Crippen molar-refractivity contribution in [1.82, 2.24) is 0 Å². The molecule has 17 heavy (non-hydrogen) atoms. The van der Waals surface area contributed by atoms with Gasteiger partial charge >= 0.3 is 0 Å². The number of benzene rings is 1. The minimum Gasteiger partial charge on any atom is -0.454 e. The highest BCUT2D eigenvalue weighted by Gasteiger charge is 2.22. The largest absolute Gasteiger partial charge is 0.454 e. The van der Waals surface area contributed by atoms with Crippen LogP contribution < -0.4 is 20.9 Å². The van der Waals surface area contributed by atoms with E-state index >= 15 is 0 Å². The quantitative estimate of drug-likeness (QED) is 0.835. The van der Waals surface area contributed by atoms with Crippen LogP contribution >= 0.6 is 0 Å². The fourth-order valence-corrected chi connectivity index (χ4v) is 2.24. The van der Waals surface area contributed by atoms with Crippen LogP contribution in [0, 0.1) is 12.8 Å². The first-order valence-electron chi connectivity index (χ1n) is 6.03. The predicted molar refractivity (Wildman–Crippen MR) is 67.1 cm³/mol. The molecule has 0 radical (unpaired) electrons. The van der Waals surface area contributed by atoms with E-state index in [2.05, 4.69) is 6.92 Å². The second-order valence-corrected chi connectivity index (χ2v) is 4.49. The van der Waals surface area contributed by atoms with E-state index < -0.39 is 0 Å². The molecule has 0 amide bonds. The van der Waals surface area contributed by atoms with Gasteiger partial charge in [-0.1, -0.05) is 13.3 Å². The molecule has 2 atom stereocenters. The molecule has 0 fully saturated rings. The molecule has 1 aromatic carbocycles. The highest BCUT2D eigenvalue weighted by Crippen LogP contribution is 2.37. The average Bonchev–Trinajstić information content (AvgIpc) is 2.76. The molecule has 0 aromatic heterocycles. The summed E-state index contributed by atoms with van der Waals surface area (Å²) in [5.74, 6) is 1.89. The van der Waals surface area contributed by atoms with Crippen molar-refractivity contribution in [3.05, 3.63) is 23.3 Å². The Morgan fingerprint density at radius 2 is 1.94 bits per heavy atom. The highest BCUT2D eigenvalue weighted by atomic mass is 16.7. The maximum absolute atomic E-state index is 6.28. The third-order valence-corrected chi connectivity index (χ3v) is 3.46. The van der Waals surface area contributed by atoms with E-state index in [1.807, 2.05) is 19.1 Å². The molecule has 0 aliphatic carbocycles. The lowest BCUT2D eigenvalue weighted by Gasteiger charge is -2.23. The van der Waals surface area contributed by atoms with E-state index in [0.717, 1.165) is 29.0 Å². The Kier molecular flexibility index (Phi) is 3.54. The molecule has 1 aliphatic heterocycles. The topological polar surface area (TPSA) is 70.5 Å².